The summed E-state index contributed by atoms with van der Waals surface area (Å²) in [6.45, 7) is 0. The maximum Gasteiger partial charge on any atom is 0.416 e. The van der Waals surface area contributed by atoms with E-state index in [2.05, 4.69) is 5.32 Å². The van der Waals surface area contributed by atoms with Crippen molar-refractivity contribution in [2.75, 3.05) is 5.32 Å². The number of nitrogens with zero attached hydrogens (tertiary/aromatic N) is 1. The summed E-state index contributed by atoms with van der Waals surface area (Å²) in [5.41, 5.74) is -1.17. The lowest BCUT2D eigenvalue weighted by atomic mass is 10.2. The Morgan fingerprint density at radius 1 is 1.12 bits per heavy atom. The van der Waals surface area contributed by atoms with Gasteiger partial charge in [-0.2, -0.15) is 18.4 Å². The molecular weight excluding hydrogens is 412 g/mol. The maximum atomic E-state index is 12.8. The Kier molecular flexibility index (Phi) is 5.86. The van der Waals surface area contributed by atoms with Gasteiger partial charge in [0.1, 0.15) is 6.07 Å². The Morgan fingerprint density at radius 3 is 2.27 bits per heavy atom. The number of hydrogen-bond donors (Lipinski definition) is 1. The second-order valence-electron chi connectivity index (χ2n) is 4.91. The van der Waals surface area contributed by atoms with E-state index in [4.69, 9.17) is 28.5 Å². The molecule has 2 aromatic rings. The van der Waals surface area contributed by atoms with Gasteiger partial charge in [0.25, 0.3) is 0 Å². The van der Waals surface area contributed by atoms with Crippen LogP contribution in [0.3, 0.4) is 0 Å². The number of hydrogen-bond acceptors (Lipinski definition) is 4. The lowest BCUT2D eigenvalue weighted by molar-refractivity contribution is -0.137. The van der Waals surface area contributed by atoms with Gasteiger partial charge in [0.2, 0.25) is 9.84 Å². The minimum Gasteiger partial charge on any atom is -0.359 e. The third kappa shape index (κ3) is 4.49. The lowest BCUT2D eigenvalue weighted by Gasteiger charge is -2.11. The van der Waals surface area contributed by atoms with Gasteiger partial charge in [-0.1, -0.05) is 23.2 Å². The number of alkyl halides is 3. The fourth-order valence-corrected chi connectivity index (χ4v) is 3.25. The number of benzene rings is 2. The highest BCUT2D eigenvalue weighted by atomic mass is 35.5. The van der Waals surface area contributed by atoms with Crippen LogP contribution in [0.1, 0.15) is 5.56 Å². The molecule has 0 radical (unpaired) electrons. The smallest absolute Gasteiger partial charge is 0.359 e. The predicted molar refractivity (Wildman–Crippen MR) is 92.4 cm³/mol. The maximum absolute atomic E-state index is 12.8. The van der Waals surface area contributed by atoms with Crippen molar-refractivity contribution in [2.24, 2.45) is 0 Å². The molecule has 2 rings (SSSR count). The van der Waals surface area contributed by atoms with Crippen LogP contribution in [0.5, 0.6) is 0 Å². The molecule has 26 heavy (non-hydrogen) atoms. The summed E-state index contributed by atoms with van der Waals surface area (Å²) in [6, 6.07) is 9.10. The summed E-state index contributed by atoms with van der Waals surface area (Å²) >= 11 is 11.5. The van der Waals surface area contributed by atoms with E-state index in [9.17, 15) is 21.6 Å². The Bertz CT molecular complexity index is 996. The largest absolute Gasteiger partial charge is 0.416 e. The van der Waals surface area contributed by atoms with Crippen molar-refractivity contribution in [2.45, 2.75) is 11.1 Å². The Balaban J connectivity index is 2.39. The van der Waals surface area contributed by atoms with E-state index in [0.29, 0.717) is 11.1 Å². The quantitative estimate of drug-likeness (QED) is 0.684. The van der Waals surface area contributed by atoms with Crippen molar-refractivity contribution in [3.8, 4) is 6.07 Å². The van der Waals surface area contributed by atoms with Gasteiger partial charge < -0.3 is 5.32 Å². The molecule has 0 aliphatic rings. The number of allylic oxidation sites excluding steroid dienone is 1. The molecule has 0 aliphatic heterocycles. The molecule has 10 heteroatoms. The molecule has 0 amide bonds. The zero-order valence-corrected chi connectivity index (χ0v) is 15.0. The summed E-state index contributed by atoms with van der Waals surface area (Å²) in [5, 5.41) is 11.7. The molecule has 0 atom stereocenters. The molecule has 0 unspecified atom stereocenters. The van der Waals surface area contributed by atoms with Crippen molar-refractivity contribution >= 4 is 38.7 Å². The summed E-state index contributed by atoms with van der Waals surface area (Å²) < 4.78 is 63.1. The van der Waals surface area contributed by atoms with Crippen LogP contribution in [0, 0.1) is 11.3 Å². The van der Waals surface area contributed by atoms with Gasteiger partial charge in [-0.15, -0.1) is 0 Å². The van der Waals surface area contributed by atoms with E-state index in [-0.39, 0.29) is 15.6 Å². The fraction of sp³-hybridized carbons (Fsp3) is 0.0625. The van der Waals surface area contributed by atoms with Crippen LogP contribution in [-0.4, -0.2) is 8.42 Å². The summed E-state index contributed by atoms with van der Waals surface area (Å²) in [6.07, 6.45) is -3.82. The fourth-order valence-electron chi connectivity index (χ4n) is 1.87. The molecule has 0 spiro atoms. The Hall–Kier alpha value is -2.21. The van der Waals surface area contributed by atoms with Crippen LogP contribution in [0.4, 0.5) is 18.9 Å². The van der Waals surface area contributed by atoms with Crippen LogP contribution in [0.25, 0.3) is 0 Å². The van der Waals surface area contributed by atoms with Crippen LogP contribution in [0.15, 0.2) is 58.5 Å². The van der Waals surface area contributed by atoms with E-state index >= 15 is 0 Å². The molecule has 0 aliphatic carbocycles. The molecule has 0 aromatic heterocycles. The third-order valence-corrected chi connectivity index (χ3v) is 5.44. The van der Waals surface area contributed by atoms with Crippen molar-refractivity contribution in [3.63, 3.8) is 0 Å². The van der Waals surface area contributed by atoms with Crippen molar-refractivity contribution in [1.29, 1.82) is 5.26 Å². The predicted octanol–water partition coefficient (Wildman–Crippen LogP) is 5.26. The lowest BCUT2D eigenvalue weighted by Crippen LogP contribution is -2.07. The van der Waals surface area contributed by atoms with Gasteiger partial charge >= 0.3 is 6.18 Å². The molecule has 0 saturated carbocycles. The highest BCUT2D eigenvalue weighted by molar-refractivity contribution is 7.95. The summed E-state index contributed by atoms with van der Waals surface area (Å²) in [7, 11) is -4.18. The molecule has 2 aromatic carbocycles. The van der Waals surface area contributed by atoms with Crippen molar-refractivity contribution in [1.82, 2.24) is 0 Å². The number of nitrogens with one attached hydrogen (secondary N) is 1. The number of rotatable bonds is 4. The summed E-state index contributed by atoms with van der Waals surface area (Å²) in [5.74, 6) is 0. The van der Waals surface area contributed by atoms with Crippen LogP contribution in [-0.2, 0) is 16.0 Å². The average molecular weight is 421 g/mol. The first-order valence-corrected chi connectivity index (χ1v) is 9.04. The topological polar surface area (TPSA) is 70.0 Å². The number of halogens is 5. The van der Waals surface area contributed by atoms with Crippen molar-refractivity contribution < 1.29 is 21.6 Å². The van der Waals surface area contributed by atoms with Gasteiger partial charge in [-0.05, 0) is 42.5 Å². The zero-order chi connectivity index (χ0) is 19.5. The van der Waals surface area contributed by atoms with Crippen molar-refractivity contribution in [3.05, 3.63) is 69.2 Å². The van der Waals surface area contributed by atoms with E-state index in [1.807, 2.05) is 0 Å². The number of sulfone groups is 1. The normalized spacial score (nSPS) is 12.5. The summed E-state index contributed by atoms with van der Waals surface area (Å²) in [4.78, 5) is -0.889. The molecule has 136 valence electrons. The average Bonchev–Trinajstić information content (AvgIpc) is 2.56. The van der Waals surface area contributed by atoms with Gasteiger partial charge in [0.15, 0.2) is 4.91 Å². The monoisotopic (exact) mass is 420 g/mol. The van der Waals surface area contributed by atoms with Crippen LogP contribution >= 0.6 is 23.2 Å². The molecule has 0 fully saturated rings. The van der Waals surface area contributed by atoms with Gasteiger partial charge in [0, 0.05) is 11.2 Å². The Morgan fingerprint density at radius 2 is 1.73 bits per heavy atom. The van der Waals surface area contributed by atoms with E-state index in [1.54, 1.807) is 0 Å². The van der Waals surface area contributed by atoms with Crippen LogP contribution < -0.4 is 5.32 Å². The number of anilines is 1. The standard InChI is InChI=1S/C16H9Cl2F3N2O2S/c17-11-2-4-12(5-3-11)26(24,25)13(8-22)9-23-15-7-10(16(19,20)21)1-6-14(15)18/h1-7,9,23H/b13-9+. The molecular formula is C16H9Cl2F3N2O2S. The zero-order valence-electron chi connectivity index (χ0n) is 12.7. The van der Waals surface area contributed by atoms with E-state index in [1.165, 1.54) is 30.3 Å². The molecule has 4 nitrogen and oxygen atoms in total. The molecule has 0 heterocycles. The van der Waals surface area contributed by atoms with E-state index < -0.39 is 26.5 Å². The first kappa shape index (κ1) is 20.1. The molecule has 1 N–H and O–H groups in total. The first-order chi connectivity index (χ1) is 12.1. The SMILES string of the molecule is N#C/C(=C\Nc1cc(C(F)(F)F)ccc1Cl)S(=O)(=O)c1ccc(Cl)cc1. The molecule has 0 saturated heterocycles. The number of nitriles is 1. The van der Waals surface area contributed by atoms with Gasteiger partial charge in [-0.3, -0.25) is 0 Å². The Labute approximate surface area is 157 Å². The second-order valence-corrected chi connectivity index (χ2v) is 7.68. The second kappa shape index (κ2) is 7.58. The highest BCUT2D eigenvalue weighted by Gasteiger charge is 2.31. The van der Waals surface area contributed by atoms with Gasteiger partial charge in [-0.25, -0.2) is 8.42 Å². The third-order valence-electron chi connectivity index (χ3n) is 3.18. The minimum absolute atomic E-state index is 0.0737. The highest BCUT2D eigenvalue weighted by Crippen LogP contribution is 2.34. The van der Waals surface area contributed by atoms with E-state index in [0.717, 1.165) is 18.3 Å². The molecule has 0 bridgehead atoms. The van der Waals surface area contributed by atoms with Crippen LogP contribution in [0.2, 0.25) is 10.0 Å². The minimum atomic E-state index is -4.60. The van der Waals surface area contributed by atoms with Gasteiger partial charge in [0.05, 0.1) is 21.2 Å². The first-order valence-electron chi connectivity index (χ1n) is 6.80.